The van der Waals surface area contributed by atoms with Gasteiger partial charge < -0.3 is 0 Å². The lowest BCUT2D eigenvalue weighted by molar-refractivity contribution is -0.125. The predicted octanol–water partition coefficient (Wildman–Crippen LogP) is 3.44. The number of fused-ring (bicyclic) bond motifs is 1. The number of carbonyl (C=O) groups is 1. The van der Waals surface area contributed by atoms with E-state index in [1.54, 1.807) is 13.0 Å². The fourth-order valence-electron chi connectivity index (χ4n) is 6.16. The molecule has 2 aromatic rings. The maximum atomic E-state index is 12.8. The molecule has 5 nitrogen and oxygen atoms in total. The number of aromatic nitrogens is 2. The summed E-state index contributed by atoms with van der Waals surface area (Å²) in [5.74, 6) is 2.98. The molecule has 0 radical (unpaired) electrons. The minimum atomic E-state index is -0.178. The molecule has 4 aliphatic rings. The van der Waals surface area contributed by atoms with Crippen LogP contribution in [0.5, 0.6) is 0 Å². The first kappa shape index (κ1) is 15.6. The third kappa shape index (κ3) is 2.53. The summed E-state index contributed by atoms with van der Waals surface area (Å²) in [7, 11) is 0. The molecule has 2 aromatic heterocycles. The van der Waals surface area contributed by atoms with E-state index in [9.17, 15) is 9.59 Å². The van der Waals surface area contributed by atoms with Gasteiger partial charge in [-0.15, -0.1) is 11.3 Å². The fraction of sp³-hybridized carbons (Fsp3) is 0.632. The Morgan fingerprint density at radius 1 is 1.28 bits per heavy atom. The van der Waals surface area contributed by atoms with Crippen LogP contribution in [-0.4, -0.2) is 15.6 Å². The molecule has 4 bridgehead atoms. The first-order valence-electron chi connectivity index (χ1n) is 9.28. The van der Waals surface area contributed by atoms with Crippen LogP contribution in [0.2, 0.25) is 0 Å². The minimum Gasteiger partial charge on any atom is -0.273 e. The fourth-order valence-corrected chi connectivity index (χ4v) is 6.96. The molecule has 0 atom stereocenters. The van der Waals surface area contributed by atoms with Crippen LogP contribution >= 0.6 is 11.3 Å². The highest BCUT2D eigenvalue weighted by Crippen LogP contribution is 2.61. The molecule has 4 saturated carbocycles. The number of nitrogens with zero attached hydrogens (tertiary/aromatic N) is 2. The number of hydrogen-bond acceptors (Lipinski definition) is 4. The molecule has 1 N–H and O–H groups in total. The number of nitrogens with one attached hydrogen (secondary N) is 1. The number of aryl methyl sites for hydroxylation is 1. The van der Waals surface area contributed by atoms with Crippen LogP contribution in [0.3, 0.4) is 0 Å². The summed E-state index contributed by atoms with van der Waals surface area (Å²) < 4.78 is 1.33. The second-order valence-corrected chi connectivity index (χ2v) is 9.46. The normalized spacial score (nSPS) is 33.1. The third-order valence-electron chi connectivity index (χ3n) is 6.60. The summed E-state index contributed by atoms with van der Waals surface area (Å²) >= 11 is 1.45. The van der Waals surface area contributed by atoms with Gasteiger partial charge in [0.2, 0.25) is 5.91 Å². The molecule has 4 aliphatic carbocycles. The van der Waals surface area contributed by atoms with Gasteiger partial charge in [-0.25, -0.2) is 9.66 Å². The van der Waals surface area contributed by atoms with Crippen molar-refractivity contribution >= 4 is 27.5 Å². The molecule has 25 heavy (non-hydrogen) atoms. The Labute approximate surface area is 150 Å². The number of rotatable bonds is 3. The minimum absolute atomic E-state index is 0.0384. The Morgan fingerprint density at radius 3 is 2.56 bits per heavy atom. The first-order chi connectivity index (χ1) is 12.0. The van der Waals surface area contributed by atoms with Gasteiger partial charge in [0, 0.05) is 6.42 Å². The van der Waals surface area contributed by atoms with Gasteiger partial charge in [-0.2, -0.15) is 0 Å². The highest BCUT2D eigenvalue weighted by atomic mass is 32.1. The maximum absolute atomic E-state index is 12.8. The van der Waals surface area contributed by atoms with Crippen molar-refractivity contribution in [3.63, 3.8) is 0 Å². The van der Waals surface area contributed by atoms with Crippen LogP contribution in [0.4, 0.5) is 0 Å². The van der Waals surface area contributed by atoms with Crippen LogP contribution < -0.4 is 11.0 Å². The Bertz CT molecular complexity index is 878. The average Bonchev–Trinajstić information content (AvgIpc) is 2.98. The topological polar surface area (TPSA) is 64.0 Å². The molecule has 4 fully saturated rings. The number of amides is 1. The van der Waals surface area contributed by atoms with Crippen LogP contribution in [0, 0.1) is 30.1 Å². The van der Waals surface area contributed by atoms with E-state index >= 15 is 0 Å². The van der Waals surface area contributed by atoms with E-state index in [0.717, 1.165) is 22.6 Å². The lowest BCUT2D eigenvalue weighted by Crippen LogP contribution is -2.48. The summed E-state index contributed by atoms with van der Waals surface area (Å²) in [6.07, 6.45) is 8.25. The molecule has 0 saturated heterocycles. The van der Waals surface area contributed by atoms with Crippen molar-refractivity contribution in [2.24, 2.45) is 23.2 Å². The molecular weight excluding hydrogens is 334 g/mol. The predicted molar refractivity (Wildman–Crippen MR) is 98.2 cm³/mol. The van der Waals surface area contributed by atoms with Crippen molar-refractivity contribution in [1.29, 1.82) is 0 Å². The molecule has 0 aromatic carbocycles. The molecular formula is C19H23N3O2S. The van der Waals surface area contributed by atoms with E-state index in [4.69, 9.17) is 0 Å². The highest BCUT2D eigenvalue weighted by Gasteiger charge is 2.51. The number of carbonyl (C=O) groups excluding carboxylic acids is 1. The maximum Gasteiger partial charge on any atom is 0.281 e. The van der Waals surface area contributed by atoms with Gasteiger partial charge >= 0.3 is 0 Å². The monoisotopic (exact) mass is 357 g/mol. The molecule has 132 valence electrons. The SMILES string of the molecule is Cc1nc2sccc2c(=O)n1NC(=O)CC12CC3CC(CC(C3)C1)C2. The standard InChI is InChI=1S/C19H23N3O2S/c1-11-20-17-15(2-3-25-17)18(24)22(11)21-16(23)10-19-7-12-4-13(8-19)6-14(5-12)9-19/h2-3,12-14H,4-10H2,1H3,(H,21,23). The van der Waals surface area contributed by atoms with Crippen molar-refractivity contribution < 1.29 is 4.79 Å². The van der Waals surface area contributed by atoms with Gasteiger partial charge in [0.25, 0.3) is 5.56 Å². The van der Waals surface area contributed by atoms with E-state index < -0.39 is 0 Å². The lowest BCUT2D eigenvalue weighted by Gasteiger charge is -2.56. The van der Waals surface area contributed by atoms with Crippen LogP contribution in [0.25, 0.3) is 10.2 Å². The summed E-state index contributed by atoms with van der Waals surface area (Å²) in [4.78, 5) is 30.6. The smallest absolute Gasteiger partial charge is 0.273 e. The summed E-state index contributed by atoms with van der Waals surface area (Å²) in [5, 5.41) is 2.44. The largest absolute Gasteiger partial charge is 0.281 e. The number of thiophene rings is 1. The molecule has 1 amide bonds. The van der Waals surface area contributed by atoms with Gasteiger partial charge in [0.05, 0.1) is 5.39 Å². The Kier molecular flexibility index (Phi) is 3.36. The van der Waals surface area contributed by atoms with Gasteiger partial charge in [-0.05, 0) is 80.1 Å². The van der Waals surface area contributed by atoms with E-state index in [2.05, 4.69) is 10.4 Å². The highest BCUT2D eigenvalue weighted by molar-refractivity contribution is 7.16. The van der Waals surface area contributed by atoms with Crippen molar-refractivity contribution in [1.82, 2.24) is 9.66 Å². The Morgan fingerprint density at radius 2 is 1.92 bits per heavy atom. The van der Waals surface area contributed by atoms with E-state index in [1.165, 1.54) is 54.5 Å². The van der Waals surface area contributed by atoms with Crippen molar-refractivity contribution in [3.8, 4) is 0 Å². The molecule has 2 heterocycles. The zero-order valence-electron chi connectivity index (χ0n) is 14.5. The number of hydrogen-bond donors (Lipinski definition) is 1. The second-order valence-electron chi connectivity index (χ2n) is 8.57. The molecule has 0 spiro atoms. The third-order valence-corrected chi connectivity index (χ3v) is 7.41. The Hall–Kier alpha value is -1.69. The van der Waals surface area contributed by atoms with Crippen molar-refractivity contribution in [2.45, 2.75) is 51.9 Å². The average molecular weight is 357 g/mol. The van der Waals surface area contributed by atoms with Crippen LogP contribution in [0.1, 0.15) is 50.8 Å². The second kappa shape index (κ2) is 5.40. The molecule has 0 aliphatic heterocycles. The van der Waals surface area contributed by atoms with E-state index in [0.29, 0.717) is 17.6 Å². The van der Waals surface area contributed by atoms with Gasteiger partial charge in [0.1, 0.15) is 10.7 Å². The molecule has 6 heteroatoms. The van der Waals surface area contributed by atoms with Gasteiger partial charge in [0.15, 0.2) is 0 Å². The summed E-state index contributed by atoms with van der Waals surface area (Å²) in [6, 6.07) is 1.77. The Balaban J connectivity index is 1.39. The summed E-state index contributed by atoms with van der Waals surface area (Å²) in [6.45, 7) is 1.77. The zero-order valence-corrected chi connectivity index (χ0v) is 15.3. The lowest BCUT2D eigenvalue weighted by atomic mass is 9.49. The van der Waals surface area contributed by atoms with Crippen LogP contribution in [0.15, 0.2) is 16.2 Å². The first-order valence-corrected chi connectivity index (χ1v) is 10.2. The van der Waals surface area contributed by atoms with Gasteiger partial charge in [-0.1, -0.05) is 0 Å². The summed E-state index contributed by atoms with van der Waals surface area (Å²) in [5.41, 5.74) is 2.84. The molecule has 0 unspecified atom stereocenters. The van der Waals surface area contributed by atoms with E-state index in [-0.39, 0.29) is 16.9 Å². The van der Waals surface area contributed by atoms with Gasteiger partial charge in [-0.3, -0.25) is 15.0 Å². The van der Waals surface area contributed by atoms with Crippen molar-refractivity contribution in [3.05, 3.63) is 27.6 Å². The van der Waals surface area contributed by atoms with Crippen molar-refractivity contribution in [2.75, 3.05) is 5.43 Å². The molecule has 6 rings (SSSR count). The quantitative estimate of drug-likeness (QED) is 0.915. The van der Waals surface area contributed by atoms with Crippen LogP contribution in [-0.2, 0) is 4.79 Å². The zero-order chi connectivity index (χ0) is 17.2. The van der Waals surface area contributed by atoms with E-state index in [1.807, 2.05) is 5.38 Å².